The van der Waals surface area contributed by atoms with Gasteiger partial charge in [-0.1, -0.05) is 10.4 Å². The molecule has 1 N–H and O–H groups in total. The van der Waals surface area contributed by atoms with Crippen molar-refractivity contribution in [1.29, 1.82) is 0 Å². The number of aromatic nitrogens is 7. The summed E-state index contributed by atoms with van der Waals surface area (Å²) < 4.78 is 1.79. The van der Waals surface area contributed by atoms with Gasteiger partial charge < -0.3 is 4.90 Å². The number of amides is 1. The van der Waals surface area contributed by atoms with E-state index >= 15 is 0 Å². The predicted octanol–water partition coefficient (Wildman–Crippen LogP) is -0.203. The van der Waals surface area contributed by atoms with Gasteiger partial charge in [-0.05, 0) is 25.7 Å². The lowest BCUT2D eigenvalue weighted by Crippen LogP contribution is -2.38. The molecule has 2 aromatic heterocycles. The van der Waals surface area contributed by atoms with Crippen molar-refractivity contribution in [2.75, 3.05) is 6.54 Å². The van der Waals surface area contributed by atoms with Crippen LogP contribution in [0.2, 0.25) is 0 Å². The third-order valence-electron chi connectivity index (χ3n) is 4.74. The van der Waals surface area contributed by atoms with Gasteiger partial charge in [0, 0.05) is 25.9 Å². The van der Waals surface area contributed by atoms with E-state index in [4.69, 9.17) is 0 Å². The van der Waals surface area contributed by atoms with Crippen molar-refractivity contribution in [2.45, 2.75) is 38.1 Å². The largest absolute Gasteiger partial charge is 0.332 e. The van der Waals surface area contributed by atoms with E-state index in [0.717, 1.165) is 43.6 Å². The van der Waals surface area contributed by atoms with E-state index in [-0.39, 0.29) is 17.9 Å². The van der Waals surface area contributed by atoms with E-state index < -0.39 is 0 Å². The number of tetrazole rings is 1. The van der Waals surface area contributed by atoms with Crippen LogP contribution in [0.15, 0.2) is 0 Å². The number of nitrogens with one attached hydrogen (secondary N) is 1. The zero-order valence-electron chi connectivity index (χ0n) is 12.4. The number of fused-ring (bicyclic) bond motifs is 1. The third-order valence-corrected chi connectivity index (χ3v) is 4.74. The molecule has 1 saturated heterocycles. The van der Waals surface area contributed by atoms with Gasteiger partial charge in [0.2, 0.25) is 5.91 Å². The lowest BCUT2D eigenvalue weighted by Gasteiger charge is -2.29. The van der Waals surface area contributed by atoms with Crippen molar-refractivity contribution in [2.24, 2.45) is 13.0 Å². The number of aromatic amines is 1. The van der Waals surface area contributed by atoms with Gasteiger partial charge in [0.25, 0.3) is 0 Å². The lowest BCUT2D eigenvalue weighted by atomic mass is 9.88. The Morgan fingerprint density at radius 3 is 3.05 bits per heavy atom. The number of carbonyl (C=O) groups excluding carboxylic acids is 1. The lowest BCUT2D eigenvalue weighted by molar-refractivity contribution is -0.137. The Bertz CT molecular complexity index is 678. The van der Waals surface area contributed by atoms with Gasteiger partial charge in [0.05, 0.1) is 17.4 Å². The normalized spacial score (nSPS) is 24.5. The molecule has 9 nitrogen and oxygen atoms in total. The minimum Gasteiger partial charge on any atom is -0.332 e. The molecular weight excluding hydrogens is 284 g/mol. The van der Waals surface area contributed by atoms with Crippen LogP contribution in [0.4, 0.5) is 0 Å². The Balaban J connectivity index is 1.53. The molecule has 1 fully saturated rings. The van der Waals surface area contributed by atoms with Crippen LogP contribution in [-0.4, -0.2) is 53.0 Å². The molecule has 2 aromatic rings. The van der Waals surface area contributed by atoms with Gasteiger partial charge in [-0.3, -0.25) is 9.48 Å². The highest BCUT2D eigenvalue weighted by Gasteiger charge is 2.38. The van der Waals surface area contributed by atoms with Gasteiger partial charge in [-0.15, -0.1) is 15.3 Å². The van der Waals surface area contributed by atoms with E-state index in [1.54, 1.807) is 4.68 Å². The van der Waals surface area contributed by atoms with Crippen molar-refractivity contribution >= 4 is 5.91 Å². The molecule has 0 radical (unpaired) electrons. The fourth-order valence-corrected chi connectivity index (χ4v) is 3.57. The Morgan fingerprint density at radius 2 is 2.23 bits per heavy atom. The maximum Gasteiger partial charge on any atom is 0.226 e. The smallest absolute Gasteiger partial charge is 0.226 e. The number of rotatable bonds is 2. The molecule has 2 unspecified atom stereocenters. The van der Waals surface area contributed by atoms with Crippen LogP contribution < -0.4 is 0 Å². The molecule has 4 rings (SSSR count). The predicted molar refractivity (Wildman–Crippen MR) is 74.4 cm³/mol. The highest BCUT2D eigenvalue weighted by Crippen LogP contribution is 2.33. The molecule has 2 aliphatic rings. The maximum atomic E-state index is 12.9. The van der Waals surface area contributed by atoms with E-state index in [2.05, 4.69) is 30.9 Å². The van der Waals surface area contributed by atoms with Crippen LogP contribution in [0, 0.1) is 5.92 Å². The van der Waals surface area contributed by atoms with Crippen LogP contribution >= 0.6 is 0 Å². The molecule has 1 aliphatic heterocycles. The highest BCUT2D eigenvalue weighted by atomic mass is 16.2. The Morgan fingerprint density at radius 1 is 1.32 bits per heavy atom. The second-order valence-electron chi connectivity index (χ2n) is 6.01. The zero-order valence-corrected chi connectivity index (χ0v) is 12.4. The van der Waals surface area contributed by atoms with Gasteiger partial charge in [-0.2, -0.15) is 5.21 Å². The second kappa shape index (κ2) is 5.15. The van der Waals surface area contributed by atoms with Crippen LogP contribution in [0.3, 0.4) is 0 Å². The first-order chi connectivity index (χ1) is 10.7. The van der Waals surface area contributed by atoms with E-state index in [9.17, 15) is 4.79 Å². The minimum absolute atomic E-state index is 0.00259. The second-order valence-corrected chi connectivity index (χ2v) is 6.01. The number of H-pyrrole nitrogens is 1. The molecule has 2 atom stereocenters. The number of aryl methyl sites for hydroxylation is 2. The molecule has 0 bridgehead atoms. The molecule has 0 aromatic carbocycles. The molecule has 0 spiro atoms. The summed E-state index contributed by atoms with van der Waals surface area (Å²) in [6, 6.07) is -0.0442. The molecule has 1 aliphatic carbocycles. The first kappa shape index (κ1) is 13.4. The molecule has 1 amide bonds. The number of hydrogen-bond donors (Lipinski definition) is 1. The van der Waals surface area contributed by atoms with Crippen molar-refractivity contribution in [3.8, 4) is 0 Å². The average molecular weight is 302 g/mol. The molecule has 0 saturated carbocycles. The summed E-state index contributed by atoms with van der Waals surface area (Å²) in [5.74, 6) is 0.806. The monoisotopic (exact) mass is 302 g/mol. The van der Waals surface area contributed by atoms with Crippen LogP contribution in [0.25, 0.3) is 0 Å². The molecule has 9 heteroatoms. The van der Waals surface area contributed by atoms with Crippen molar-refractivity contribution in [3.63, 3.8) is 0 Å². The van der Waals surface area contributed by atoms with Crippen LogP contribution in [0.5, 0.6) is 0 Å². The van der Waals surface area contributed by atoms with E-state index in [1.165, 1.54) is 0 Å². The molecule has 22 heavy (non-hydrogen) atoms. The average Bonchev–Trinajstić information content (AvgIpc) is 3.26. The SMILES string of the molecule is Cn1nnc2c1CC(C(=O)N1CCCC1c1nn[nH]n1)CC2. The highest BCUT2D eigenvalue weighted by molar-refractivity contribution is 5.80. The van der Waals surface area contributed by atoms with Gasteiger partial charge in [0.15, 0.2) is 5.82 Å². The minimum atomic E-state index is -0.0442. The van der Waals surface area contributed by atoms with E-state index in [0.29, 0.717) is 12.2 Å². The first-order valence-electron chi connectivity index (χ1n) is 7.65. The zero-order chi connectivity index (χ0) is 15.1. The summed E-state index contributed by atoms with van der Waals surface area (Å²) in [6.07, 6.45) is 4.25. The number of carbonyl (C=O) groups is 1. The maximum absolute atomic E-state index is 12.9. The van der Waals surface area contributed by atoms with Crippen molar-refractivity contribution in [1.82, 2.24) is 40.5 Å². The van der Waals surface area contributed by atoms with Gasteiger partial charge >= 0.3 is 0 Å². The Labute approximate surface area is 127 Å². The Kier molecular flexibility index (Phi) is 3.12. The van der Waals surface area contributed by atoms with Gasteiger partial charge in [0.1, 0.15) is 0 Å². The molecule has 3 heterocycles. The number of hydrogen-bond acceptors (Lipinski definition) is 6. The molecule has 116 valence electrons. The summed E-state index contributed by atoms with van der Waals surface area (Å²) in [5, 5.41) is 22.4. The summed E-state index contributed by atoms with van der Waals surface area (Å²) in [5.41, 5.74) is 2.11. The third kappa shape index (κ3) is 2.08. The summed E-state index contributed by atoms with van der Waals surface area (Å²) >= 11 is 0. The summed E-state index contributed by atoms with van der Waals surface area (Å²) in [6.45, 7) is 0.769. The van der Waals surface area contributed by atoms with Crippen LogP contribution in [0.1, 0.15) is 42.5 Å². The fourth-order valence-electron chi connectivity index (χ4n) is 3.57. The van der Waals surface area contributed by atoms with Gasteiger partial charge in [-0.25, -0.2) is 0 Å². The standard InChI is InChI=1S/C13H18N8O/c1-20-11-7-8(4-5-9(11)14-19-20)13(22)21-6-2-3-10(21)12-15-17-18-16-12/h8,10H,2-7H2,1H3,(H,15,16,17,18). The quantitative estimate of drug-likeness (QED) is 0.823. The van der Waals surface area contributed by atoms with Crippen LogP contribution in [-0.2, 0) is 24.7 Å². The topological polar surface area (TPSA) is 105 Å². The first-order valence-corrected chi connectivity index (χ1v) is 7.65. The van der Waals surface area contributed by atoms with Crippen molar-refractivity contribution in [3.05, 3.63) is 17.2 Å². The van der Waals surface area contributed by atoms with E-state index in [1.807, 2.05) is 11.9 Å². The number of nitrogens with zero attached hydrogens (tertiary/aromatic N) is 7. The Hall–Kier alpha value is -2.32. The van der Waals surface area contributed by atoms with Crippen molar-refractivity contribution < 1.29 is 4.79 Å². The summed E-state index contributed by atoms with van der Waals surface area (Å²) in [7, 11) is 1.89. The molecular formula is C13H18N8O. The summed E-state index contributed by atoms with van der Waals surface area (Å²) in [4.78, 5) is 14.9. The fraction of sp³-hybridized carbons (Fsp3) is 0.692. The number of likely N-dealkylation sites (tertiary alicyclic amines) is 1.